The highest BCUT2D eigenvalue weighted by molar-refractivity contribution is 7.98. The number of hydrogen-bond acceptors (Lipinski definition) is 6. The van der Waals surface area contributed by atoms with Crippen molar-refractivity contribution in [1.29, 1.82) is 5.41 Å². The molecule has 6 nitrogen and oxygen atoms in total. The molecule has 0 bridgehead atoms. The molecular formula is C24H34F2N4O2S. The molecule has 182 valence electrons. The van der Waals surface area contributed by atoms with Crippen LogP contribution in [0.3, 0.4) is 0 Å². The highest BCUT2D eigenvalue weighted by Crippen LogP contribution is 2.31. The van der Waals surface area contributed by atoms with Gasteiger partial charge in [-0.3, -0.25) is 4.79 Å². The number of rotatable bonds is 7. The number of hydrogen-bond donors (Lipinski definition) is 2. The normalized spacial score (nSPS) is 22.7. The van der Waals surface area contributed by atoms with E-state index in [4.69, 9.17) is 10.1 Å². The van der Waals surface area contributed by atoms with Gasteiger partial charge >= 0.3 is 0 Å². The number of nitrogens with one attached hydrogen (secondary N) is 2. The molecule has 9 heteroatoms. The number of carbonyl (C=O) groups excluding carboxylic acids is 1. The number of nitrogens with zero attached hydrogens (tertiary/aromatic N) is 2. The molecule has 1 aromatic rings. The van der Waals surface area contributed by atoms with Gasteiger partial charge in [0.25, 0.3) is 5.91 Å². The molecule has 1 aliphatic carbocycles. The van der Waals surface area contributed by atoms with Crippen molar-refractivity contribution in [2.24, 2.45) is 0 Å². The van der Waals surface area contributed by atoms with Gasteiger partial charge in [-0.2, -0.15) is 0 Å². The Morgan fingerprint density at radius 3 is 2.45 bits per heavy atom. The standard InChI is InChI=1S/C24H34F2N4O2S/c1-16-11-18(26)13-19(12-16)28-23(31)22(32-20-6-5-17(25)14-20)21(15-27)29-7-9-30(10-8-29)33-24(2,3)4/h11-13,15,17,20,27H,5-10,14H2,1-4H3,(H,28,31)/b22-21-,27-15?. The van der Waals surface area contributed by atoms with Gasteiger partial charge in [-0.05, 0) is 64.3 Å². The number of anilines is 1. The molecule has 2 fully saturated rings. The summed E-state index contributed by atoms with van der Waals surface area (Å²) in [6, 6.07) is 4.28. The van der Waals surface area contributed by atoms with Crippen molar-refractivity contribution >= 4 is 29.8 Å². The summed E-state index contributed by atoms with van der Waals surface area (Å²) in [7, 11) is 0. The van der Waals surface area contributed by atoms with Gasteiger partial charge < -0.3 is 20.4 Å². The largest absolute Gasteiger partial charge is 0.483 e. The monoisotopic (exact) mass is 480 g/mol. The molecule has 1 saturated heterocycles. The van der Waals surface area contributed by atoms with Crippen LogP contribution in [0.2, 0.25) is 0 Å². The number of ether oxygens (including phenoxy) is 1. The van der Waals surface area contributed by atoms with E-state index >= 15 is 0 Å². The van der Waals surface area contributed by atoms with Crippen molar-refractivity contribution < 1.29 is 18.3 Å². The Balaban J connectivity index is 1.82. The van der Waals surface area contributed by atoms with Gasteiger partial charge in [0.15, 0.2) is 0 Å². The van der Waals surface area contributed by atoms with E-state index in [0.717, 1.165) is 19.3 Å². The molecular weight excluding hydrogens is 446 g/mol. The summed E-state index contributed by atoms with van der Waals surface area (Å²) in [5.41, 5.74) is 1.35. The van der Waals surface area contributed by atoms with Gasteiger partial charge in [-0.15, -0.1) is 0 Å². The molecule has 0 aromatic heterocycles. The first-order chi connectivity index (χ1) is 15.5. The lowest BCUT2D eigenvalue weighted by Crippen LogP contribution is -2.45. The Bertz CT molecular complexity index is 875. The lowest BCUT2D eigenvalue weighted by molar-refractivity contribution is -0.117. The van der Waals surface area contributed by atoms with Crippen LogP contribution in [0.25, 0.3) is 0 Å². The van der Waals surface area contributed by atoms with Crippen LogP contribution in [-0.4, -0.2) is 64.5 Å². The summed E-state index contributed by atoms with van der Waals surface area (Å²) in [5.74, 6) is -1.03. The Morgan fingerprint density at radius 1 is 1.21 bits per heavy atom. The average molecular weight is 481 g/mol. The molecule has 0 radical (unpaired) electrons. The molecule has 2 aliphatic rings. The predicted octanol–water partition coefficient (Wildman–Crippen LogP) is 4.91. The molecule has 1 aliphatic heterocycles. The van der Waals surface area contributed by atoms with Gasteiger partial charge in [0.2, 0.25) is 5.76 Å². The van der Waals surface area contributed by atoms with Gasteiger partial charge in [-0.25, -0.2) is 13.1 Å². The third-order valence-corrected chi connectivity index (χ3v) is 6.63. The second kappa shape index (κ2) is 10.9. The first-order valence-corrected chi connectivity index (χ1v) is 12.1. The molecule has 2 unspecified atom stereocenters. The third kappa shape index (κ3) is 7.43. The average Bonchev–Trinajstić information content (AvgIpc) is 3.12. The number of carbonyl (C=O) groups is 1. The second-order valence-corrected chi connectivity index (χ2v) is 11.5. The molecule has 2 N–H and O–H groups in total. The van der Waals surface area contributed by atoms with Crippen molar-refractivity contribution in [2.75, 3.05) is 31.5 Å². The zero-order valence-corrected chi connectivity index (χ0v) is 20.6. The van der Waals surface area contributed by atoms with Crippen molar-refractivity contribution in [3.63, 3.8) is 0 Å². The Labute approximate surface area is 199 Å². The van der Waals surface area contributed by atoms with E-state index in [2.05, 4.69) is 30.4 Å². The van der Waals surface area contributed by atoms with Crippen LogP contribution >= 0.6 is 11.9 Å². The van der Waals surface area contributed by atoms with Crippen LogP contribution in [0.4, 0.5) is 14.5 Å². The summed E-state index contributed by atoms with van der Waals surface area (Å²) in [6.07, 6.45) is 0.871. The lowest BCUT2D eigenvalue weighted by Gasteiger charge is -2.38. The number of piperazine rings is 1. The van der Waals surface area contributed by atoms with Gasteiger partial charge in [-0.1, -0.05) is 11.9 Å². The zero-order chi connectivity index (χ0) is 24.2. The third-order valence-electron chi connectivity index (χ3n) is 5.46. The molecule has 2 atom stereocenters. The zero-order valence-electron chi connectivity index (χ0n) is 19.8. The van der Waals surface area contributed by atoms with Crippen LogP contribution in [-0.2, 0) is 9.53 Å². The maximum absolute atomic E-state index is 13.8. The lowest BCUT2D eigenvalue weighted by atomic mass is 10.2. The van der Waals surface area contributed by atoms with Gasteiger partial charge in [0.05, 0.1) is 0 Å². The van der Waals surface area contributed by atoms with Gasteiger partial charge in [0, 0.05) is 49.2 Å². The first kappa shape index (κ1) is 25.5. The van der Waals surface area contributed by atoms with Crippen LogP contribution in [0.1, 0.15) is 45.6 Å². The fourth-order valence-electron chi connectivity index (χ4n) is 4.10. The van der Waals surface area contributed by atoms with Crippen LogP contribution in [0, 0.1) is 18.2 Å². The van der Waals surface area contributed by atoms with Crippen LogP contribution < -0.4 is 5.32 Å². The first-order valence-electron chi connectivity index (χ1n) is 11.4. The molecule has 0 spiro atoms. The topological polar surface area (TPSA) is 68.7 Å². The maximum Gasteiger partial charge on any atom is 0.293 e. The van der Waals surface area contributed by atoms with E-state index in [0.29, 0.717) is 42.9 Å². The minimum absolute atomic E-state index is 0.0112. The SMILES string of the molecule is Cc1cc(F)cc(NC(=O)/C(OC2CCC(F)C2)=C(\C=N)N2CCN(SC(C)(C)C)CC2)c1. The minimum atomic E-state index is -0.952. The predicted molar refractivity (Wildman–Crippen MR) is 130 cm³/mol. The molecule has 1 amide bonds. The number of aryl methyl sites for hydroxylation is 1. The molecule has 1 heterocycles. The maximum atomic E-state index is 13.8. The summed E-state index contributed by atoms with van der Waals surface area (Å²) in [6.45, 7) is 11.0. The van der Waals surface area contributed by atoms with E-state index in [1.807, 2.05) is 4.90 Å². The van der Waals surface area contributed by atoms with E-state index in [9.17, 15) is 13.6 Å². The van der Waals surface area contributed by atoms with Crippen molar-refractivity contribution in [1.82, 2.24) is 9.21 Å². The smallest absolute Gasteiger partial charge is 0.293 e. The van der Waals surface area contributed by atoms with Crippen molar-refractivity contribution in [3.8, 4) is 0 Å². The summed E-state index contributed by atoms with van der Waals surface area (Å²) >= 11 is 1.79. The highest BCUT2D eigenvalue weighted by atomic mass is 32.2. The number of alkyl halides is 1. The summed E-state index contributed by atoms with van der Waals surface area (Å²) in [5, 5.41) is 10.7. The number of halogens is 2. The summed E-state index contributed by atoms with van der Waals surface area (Å²) < 4.78 is 36.0. The van der Waals surface area contributed by atoms with E-state index in [-0.39, 0.29) is 16.9 Å². The summed E-state index contributed by atoms with van der Waals surface area (Å²) in [4.78, 5) is 15.2. The molecule has 1 aromatic carbocycles. The Kier molecular flexibility index (Phi) is 8.39. The fourth-order valence-corrected chi connectivity index (χ4v) is 5.22. The van der Waals surface area contributed by atoms with Crippen molar-refractivity contribution in [3.05, 3.63) is 41.0 Å². The number of amides is 1. The molecule has 33 heavy (non-hydrogen) atoms. The van der Waals surface area contributed by atoms with Crippen molar-refractivity contribution in [2.45, 2.75) is 64.0 Å². The van der Waals surface area contributed by atoms with Crippen LogP contribution in [0.5, 0.6) is 0 Å². The second-order valence-electron chi connectivity index (χ2n) is 9.60. The number of allylic oxidation sites excluding steroid dienone is 1. The van der Waals surface area contributed by atoms with E-state index in [1.54, 1.807) is 24.9 Å². The minimum Gasteiger partial charge on any atom is -0.483 e. The highest BCUT2D eigenvalue weighted by Gasteiger charge is 2.31. The Morgan fingerprint density at radius 2 is 1.91 bits per heavy atom. The van der Waals surface area contributed by atoms with Gasteiger partial charge in [0.1, 0.15) is 23.8 Å². The Hall–Kier alpha value is -2.13. The van der Waals surface area contributed by atoms with Crippen LogP contribution in [0.15, 0.2) is 29.7 Å². The quantitative estimate of drug-likeness (QED) is 0.251. The number of benzene rings is 1. The molecule has 3 rings (SSSR count). The fraction of sp³-hybridized carbons (Fsp3) is 0.583. The van der Waals surface area contributed by atoms with E-state index < -0.39 is 24.0 Å². The van der Waals surface area contributed by atoms with E-state index in [1.165, 1.54) is 12.1 Å². The molecule has 1 saturated carbocycles.